The fourth-order valence-corrected chi connectivity index (χ4v) is 2.25. The fraction of sp³-hybridized carbons (Fsp3) is 0.250. The van der Waals surface area contributed by atoms with Crippen LogP contribution < -0.4 is 0 Å². The number of carbonyl (C=O) groups is 1. The molecule has 70 valence electrons. The summed E-state index contributed by atoms with van der Waals surface area (Å²) < 4.78 is 5.31. The van der Waals surface area contributed by atoms with Crippen molar-refractivity contribution in [1.82, 2.24) is 0 Å². The minimum absolute atomic E-state index is 0.0302. The van der Waals surface area contributed by atoms with Crippen molar-refractivity contribution in [1.29, 1.82) is 0 Å². The summed E-state index contributed by atoms with van der Waals surface area (Å²) in [5.74, 6) is 0.164. The molecule has 1 aliphatic heterocycles. The van der Waals surface area contributed by atoms with Crippen LogP contribution in [0.2, 0.25) is 0 Å². The maximum atomic E-state index is 11.6. The molecule has 1 aliphatic carbocycles. The van der Waals surface area contributed by atoms with Crippen molar-refractivity contribution in [2.24, 2.45) is 0 Å². The summed E-state index contributed by atoms with van der Waals surface area (Å²) in [6.45, 7) is 0. The van der Waals surface area contributed by atoms with Gasteiger partial charge in [-0.3, -0.25) is 0 Å². The highest BCUT2D eigenvalue weighted by atomic mass is 16.5. The minimum Gasteiger partial charge on any atom is -0.454 e. The van der Waals surface area contributed by atoms with Gasteiger partial charge in [-0.2, -0.15) is 0 Å². The Morgan fingerprint density at radius 1 is 1.29 bits per heavy atom. The van der Waals surface area contributed by atoms with Crippen LogP contribution in [0.15, 0.2) is 36.4 Å². The quantitative estimate of drug-likeness (QED) is 0.459. The molecule has 0 saturated heterocycles. The smallest absolute Gasteiger partial charge is 0.339 e. The Labute approximate surface area is 82.2 Å². The summed E-state index contributed by atoms with van der Waals surface area (Å²) in [5.41, 5.74) is 1.87. The van der Waals surface area contributed by atoms with Gasteiger partial charge in [-0.25, -0.2) is 4.79 Å². The van der Waals surface area contributed by atoms with Gasteiger partial charge in [0, 0.05) is 5.92 Å². The molecule has 1 aromatic carbocycles. The van der Waals surface area contributed by atoms with Gasteiger partial charge in [-0.15, -0.1) is 0 Å². The van der Waals surface area contributed by atoms with E-state index in [1.807, 2.05) is 30.3 Å². The Bertz CT molecular complexity index is 420. The predicted octanol–water partition coefficient (Wildman–Crippen LogP) is 2.27. The van der Waals surface area contributed by atoms with E-state index in [0.717, 1.165) is 17.5 Å². The van der Waals surface area contributed by atoms with Crippen molar-refractivity contribution < 1.29 is 9.53 Å². The zero-order chi connectivity index (χ0) is 9.54. The van der Waals surface area contributed by atoms with E-state index in [0.29, 0.717) is 5.92 Å². The highest BCUT2D eigenvalue weighted by Gasteiger charge is 2.35. The minimum atomic E-state index is -0.187. The molecule has 0 radical (unpaired) electrons. The first-order chi connectivity index (χ1) is 6.86. The molecule has 0 bridgehead atoms. The lowest BCUT2D eigenvalue weighted by atomic mass is 9.88. The van der Waals surface area contributed by atoms with E-state index in [4.69, 9.17) is 4.74 Å². The van der Waals surface area contributed by atoms with Crippen LogP contribution in [0.5, 0.6) is 0 Å². The third kappa shape index (κ3) is 0.939. The van der Waals surface area contributed by atoms with E-state index in [-0.39, 0.29) is 12.1 Å². The van der Waals surface area contributed by atoms with E-state index < -0.39 is 0 Å². The molecule has 0 aromatic heterocycles. The average molecular weight is 186 g/mol. The number of hydrogen-bond donors (Lipinski definition) is 0. The van der Waals surface area contributed by atoms with Crippen LogP contribution in [0.1, 0.15) is 28.3 Å². The van der Waals surface area contributed by atoms with Crippen LogP contribution in [-0.2, 0) is 4.74 Å². The SMILES string of the molecule is O=C1OC2C=CCC2c2ccccc21. The number of rotatable bonds is 0. The van der Waals surface area contributed by atoms with E-state index in [2.05, 4.69) is 6.08 Å². The van der Waals surface area contributed by atoms with Crippen molar-refractivity contribution >= 4 is 5.97 Å². The van der Waals surface area contributed by atoms with Crippen molar-refractivity contribution in [2.45, 2.75) is 18.4 Å². The number of allylic oxidation sites excluding steroid dienone is 1. The second-order valence-electron chi connectivity index (χ2n) is 3.73. The Hall–Kier alpha value is -1.57. The van der Waals surface area contributed by atoms with E-state index in [1.54, 1.807) is 0 Å². The van der Waals surface area contributed by atoms with Gasteiger partial charge in [0.2, 0.25) is 0 Å². The molecule has 2 heteroatoms. The third-order valence-electron chi connectivity index (χ3n) is 2.94. The van der Waals surface area contributed by atoms with Gasteiger partial charge in [0.05, 0.1) is 5.56 Å². The second-order valence-corrected chi connectivity index (χ2v) is 3.73. The maximum Gasteiger partial charge on any atom is 0.339 e. The monoisotopic (exact) mass is 186 g/mol. The standard InChI is InChI=1S/C12H10O2/c13-12-10-5-2-1-4-8(10)9-6-3-7-11(9)14-12/h1-5,7,9,11H,6H2. The van der Waals surface area contributed by atoms with Crippen molar-refractivity contribution in [3.8, 4) is 0 Å². The van der Waals surface area contributed by atoms with Gasteiger partial charge >= 0.3 is 5.97 Å². The number of hydrogen-bond acceptors (Lipinski definition) is 2. The first-order valence-corrected chi connectivity index (χ1v) is 4.83. The van der Waals surface area contributed by atoms with Gasteiger partial charge in [-0.05, 0) is 24.1 Å². The van der Waals surface area contributed by atoms with Gasteiger partial charge in [0.25, 0.3) is 0 Å². The zero-order valence-electron chi connectivity index (χ0n) is 7.64. The molecule has 0 spiro atoms. The second kappa shape index (κ2) is 2.71. The molecule has 0 N–H and O–H groups in total. The number of esters is 1. The molecule has 2 nitrogen and oxygen atoms in total. The number of benzene rings is 1. The molecular formula is C12H10O2. The van der Waals surface area contributed by atoms with E-state index in [1.165, 1.54) is 0 Å². The Balaban J connectivity index is 2.16. The first kappa shape index (κ1) is 7.80. The molecule has 2 unspecified atom stereocenters. The number of carbonyl (C=O) groups excluding carboxylic acids is 1. The van der Waals surface area contributed by atoms with Gasteiger partial charge in [0.15, 0.2) is 0 Å². The Morgan fingerprint density at radius 2 is 2.14 bits per heavy atom. The normalized spacial score (nSPS) is 28.1. The highest BCUT2D eigenvalue weighted by Crippen LogP contribution is 2.37. The van der Waals surface area contributed by atoms with E-state index in [9.17, 15) is 4.79 Å². The third-order valence-corrected chi connectivity index (χ3v) is 2.94. The Morgan fingerprint density at radius 3 is 3.07 bits per heavy atom. The van der Waals surface area contributed by atoms with Crippen LogP contribution >= 0.6 is 0 Å². The molecule has 0 amide bonds. The fourth-order valence-electron chi connectivity index (χ4n) is 2.25. The lowest BCUT2D eigenvalue weighted by Crippen LogP contribution is -2.28. The van der Waals surface area contributed by atoms with Crippen LogP contribution in [0.25, 0.3) is 0 Å². The van der Waals surface area contributed by atoms with E-state index >= 15 is 0 Å². The summed E-state index contributed by atoms with van der Waals surface area (Å²) in [6, 6.07) is 7.72. The molecule has 2 aliphatic rings. The summed E-state index contributed by atoms with van der Waals surface area (Å²) in [4.78, 5) is 11.6. The predicted molar refractivity (Wildman–Crippen MR) is 52.1 cm³/mol. The Kier molecular flexibility index (Phi) is 1.51. The van der Waals surface area contributed by atoms with Crippen LogP contribution in [0.4, 0.5) is 0 Å². The molecule has 1 heterocycles. The van der Waals surface area contributed by atoms with Crippen molar-refractivity contribution in [2.75, 3.05) is 0 Å². The largest absolute Gasteiger partial charge is 0.454 e. The summed E-state index contributed by atoms with van der Waals surface area (Å²) in [7, 11) is 0. The van der Waals surface area contributed by atoms with Crippen molar-refractivity contribution in [3.63, 3.8) is 0 Å². The number of ether oxygens (including phenoxy) is 1. The topological polar surface area (TPSA) is 26.3 Å². The highest BCUT2D eigenvalue weighted by molar-refractivity contribution is 5.92. The lowest BCUT2D eigenvalue weighted by molar-refractivity contribution is 0.0314. The zero-order valence-corrected chi connectivity index (χ0v) is 7.64. The van der Waals surface area contributed by atoms with Crippen molar-refractivity contribution in [3.05, 3.63) is 47.5 Å². The number of fused-ring (bicyclic) bond motifs is 3. The summed E-state index contributed by atoms with van der Waals surface area (Å²) >= 11 is 0. The lowest BCUT2D eigenvalue weighted by Gasteiger charge is -2.27. The molecule has 3 rings (SSSR count). The summed E-state index contributed by atoms with van der Waals surface area (Å²) in [6.07, 6.45) is 5.02. The molecule has 14 heavy (non-hydrogen) atoms. The maximum absolute atomic E-state index is 11.6. The average Bonchev–Trinajstić information content (AvgIpc) is 2.66. The summed E-state index contributed by atoms with van der Waals surface area (Å²) in [5, 5.41) is 0. The first-order valence-electron chi connectivity index (χ1n) is 4.83. The molecule has 0 fully saturated rings. The van der Waals surface area contributed by atoms with Crippen LogP contribution in [0.3, 0.4) is 0 Å². The van der Waals surface area contributed by atoms with Gasteiger partial charge in [0.1, 0.15) is 6.10 Å². The molecule has 2 atom stereocenters. The molecule has 1 aromatic rings. The van der Waals surface area contributed by atoms with Crippen LogP contribution in [-0.4, -0.2) is 12.1 Å². The van der Waals surface area contributed by atoms with Crippen LogP contribution in [0, 0.1) is 0 Å². The molecule has 0 saturated carbocycles. The van der Waals surface area contributed by atoms with Gasteiger partial charge in [-0.1, -0.05) is 24.3 Å². The van der Waals surface area contributed by atoms with Gasteiger partial charge < -0.3 is 4.74 Å². The molecular weight excluding hydrogens is 176 g/mol.